The first-order chi connectivity index (χ1) is 21.3. The SMILES string of the molecule is CCCC.CCNOS(=O)(=O)CCCCN1/C(=C/c2ccc3cc(OC)ccc3[n+]2C)Oc2ccc(-c3ccccc3)cc21. The molecule has 0 saturated carbocycles. The van der Waals surface area contributed by atoms with Crippen LogP contribution in [-0.2, 0) is 21.4 Å². The minimum Gasteiger partial charge on any atom is -0.497 e. The zero-order chi connectivity index (χ0) is 31.5. The van der Waals surface area contributed by atoms with Crippen molar-refractivity contribution in [3.63, 3.8) is 0 Å². The third-order valence-corrected chi connectivity index (χ3v) is 8.54. The molecule has 234 valence electrons. The molecule has 1 aliphatic heterocycles. The van der Waals surface area contributed by atoms with Gasteiger partial charge in [0.25, 0.3) is 10.1 Å². The Labute approximate surface area is 262 Å². The molecule has 1 aromatic heterocycles. The van der Waals surface area contributed by atoms with Crippen LogP contribution in [0.1, 0.15) is 52.1 Å². The Bertz CT molecular complexity index is 1670. The van der Waals surface area contributed by atoms with Gasteiger partial charge in [-0.1, -0.05) is 70.0 Å². The van der Waals surface area contributed by atoms with E-state index in [4.69, 9.17) is 13.8 Å². The van der Waals surface area contributed by atoms with Crippen LogP contribution in [0.4, 0.5) is 5.69 Å². The number of hydrogen-bond acceptors (Lipinski definition) is 7. The average Bonchev–Trinajstić information content (AvgIpc) is 3.39. The second kappa shape index (κ2) is 15.7. The highest BCUT2D eigenvalue weighted by Gasteiger charge is 2.28. The van der Waals surface area contributed by atoms with Gasteiger partial charge in [0.1, 0.15) is 12.8 Å². The quantitative estimate of drug-likeness (QED) is 0.104. The first-order valence-electron chi connectivity index (χ1n) is 15.3. The molecule has 0 fully saturated rings. The molecular weight excluding hydrogens is 574 g/mol. The summed E-state index contributed by atoms with van der Waals surface area (Å²) in [6.07, 6.45) is 5.75. The van der Waals surface area contributed by atoms with Crippen LogP contribution in [0.5, 0.6) is 11.5 Å². The number of nitrogens with zero attached hydrogens (tertiary/aromatic N) is 2. The van der Waals surface area contributed by atoms with Gasteiger partial charge in [0.15, 0.2) is 5.75 Å². The van der Waals surface area contributed by atoms with E-state index < -0.39 is 10.1 Å². The number of pyridine rings is 1. The van der Waals surface area contributed by atoms with Gasteiger partial charge in [-0.2, -0.15) is 22.7 Å². The maximum atomic E-state index is 12.1. The van der Waals surface area contributed by atoms with Gasteiger partial charge >= 0.3 is 0 Å². The van der Waals surface area contributed by atoms with Crippen LogP contribution in [0.2, 0.25) is 0 Å². The normalized spacial score (nSPS) is 13.4. The molecule has 0 atom stereocenters. The van der Waals surface area contributed by atoms with Gasteiger partial charge in [0.05, 0.1) is 30.0 Å². The van der Waals surface area contributed by atoms with E-state index in [1.165, 1.54) is 12.8 Å². The molecule has 0 spiro atoms. The lowest BCUT2D eigenvalue weighted by atomic mass is 10.0. The second-order valence-electron chi connectivity index (χ2n) is 10.6. The number of hydrogen-bond donors (Lipinski definition) is 1. The highest BCUT2D eigenvalue weighted by molar-refractivity contribution is 7.86. The number of unbranched alkanes of at least 4 members (excludes halogenated alkanes) is 2. The van der Waals surface area contributed by atoms with E-state index in [1.54, 1.807) is 14.0 Å². The zero-order valence-electron chi connectivity index (χ0n) is 26.4. The van der Waals surface area contributed by atoms with Crippen molar-refractivity contribution in [2.75, 3.05) is 30.9 Å². The fraction of sp³-hybridized carbons (Fsp3) is 0.343. The molecule has 9 heteroatoms. The predicted molar refractivity (Wildman–Crippen MR) is 178 cm³/mol. The Hall–Kier alpha value is -3.92. The second-order valence-corrected chi connectivity index (χ2v) is 12.3. The van der Waals surface area contributed by atoms with Gasteiger partial charge in [0, 0.05) is 25.2 Å². The van der Waals surface area contributed by atoms with Gasteiger partial charge in [-0.15, -0.1) is 0 Å². The van der Waals surface area contributed by atoms with E-state index in [9.17, 15) is 8.42 Å². The predicted octanol–water partition coefficient (Wildman–Crippen LogP) is 6.99. The smallest absolute Gasteiger partial charge is 0.283 e. The van der Waals surface area contributed by atoms with Gasteiger partial charge in [-0.25, -0.2) is 0 Å². The summed E-state index contributed by atoms with van der Waals surface area (Å²) in [5.74, 6) is 2.21. The molecule has 2 heterocycles. The van der Waals surface area contributed by atoms with E-state index >= 15 is 0 Å². The largest absolute Gasteiger partial charge is 0.497 e. The molecule has 0 bridgehead atoms. The number of nitrogens with one attached hydrogen (secondary N) is 1. The summed E-state index contributed by atoms with van der Waals surface area (Å²) in [5.41, 5.74) is 7.61. The van der Waals surface area contributed by atoms with Gasteiger partial charge in [-0.3, -0.25) is 0 Å². The molecule has 44 heavy (non-hydrogen) atoms. The van der Waals surface area contributed by atoms with Crippen molar-refractivity contribution in [2.24, 2.45) is 7.05 Å². The molecule has 3 aromatic carbocycles. The summed E-state index contributed by atoms with van der Waals surface area (Å²) in [7, 11) is 0.0641. The van der Waals surface area contributed by atoms with E-state index in [-0.39, 0.29) is 5.75 Å². The molecule has 0 radical (unpaired) electrons. The number of rotatable bonds is 12. The highest BCUT2D eigenvalue weighted by atomic mass is 32.2. The van der Waals surface area contributed by atoms with Crippen molar-refractivity contribution in [1.29, 1.82) is 0 Å². The van der Waals surface area contributed by atoms with Crippen LogP contribution >= 0.6 is 0 Å². The highest BCUT2D eigenvalue weighted by Crippen LogP contribution is 2.42. The van der Waals surface area contributed by atoms with E-state index in [1.807, 2.05) is 55.6 Å². The number of anilines is 1. The molecule has 5 rings (SSSR count). The maximum absolute atomic E-state index is 12.1. The lowest BCUT2D eigenvalue weighted by molar-refractivity contribution is -0.646. The van der Waals surface area contributed by atoms with Gasteiger partial charge in [-0.05, 0) is 54.3 Å². The standard InChI is InChI=1S/C31H34N3O5S.C4H10/c1-4-32-39-40(35,36)19-9-8-18-34-29-21-24(23-10-6-5-7-11-23)13-17-30(29)38-31(34)22-26-14-12-25-20-27(37-3)15-16-28(25)33(26)2;1-3-4-2/h5-7,10-17,20-22,32H,4,8-9,18-19H2,1-3H3;3-4H2,1-2H3/q+1;. The van der Waals surface area contributed by atoms with Crippen LogP contribution in [0, 0.1) is 0 Å². The van der Waals surface area contributed by atoms with Crippen LogP contribution < -0.4 is 24.4 Å². The number of benzene rings is 3. The molecule has 0 aliphatic carbocycles. The molecule has 1 N–H and O–H groups in total. The van der Waals surface area contributed by atoms with Crippen LogP contribution in [0.3, 0.4) is 0 Å². The van der Waals surface area contributed by atoms with Crippen LogP contribution in [-0.4, -0.2) is 34.4 Å². The van der Waals surface area contributed by atoms with Crippen molar-refractivity contribution in [3.05, 3.63) is 90.4 Å². The lowest BCUT2D eigenvalue weighted by Gasteiger charge is -2.19. The average molecular weight is 619 g/mol. The fourth-order valence-corrected chi connectivity index (χ4v) is 5.72. The Kier molecular flexibility index (Phi) is 11.8. The third kappa shape index (κ3) is 8.37. The summed E-state index contributed by atoms with van der Waals surface area (Å²) in [6, 6.07) is 26.5. The molecular formula is C35H44N3O5S+. The van der Waals surface area contributed by atoms with Crippen molar-refractivity contribution in [1.82, 2.24) is 5.48 Å². The van der Waals surface area contributed by atoms with E-state index in [0.717, 1.165) is 44.9 Å². The summed E-state index contributed by atoms with van der Waals surface area (Å²) < 4.78 is 42.9. The number of hydroxylamine groups is 1. The third-order valence-electron chi connectivity index (χ3n) is 7.38. The monoisotopic (exact) mass is 618 g/mol. The molecule has 1 aliphatic rings. The number of aromatic nitrogens is 1. The first-order valence-corrected chi connectivity index (χ1v) is 16.8. The van der Waals surface area contributed by atoms with Crippen molar-refractivity contribution in [2.45, 2.75) is 46.5 Å². The topological polar surface area (TPSA) is 81.0 Å². The molecule has 0 saturated heterocycles. The first kappa shape index (κ1) is 33.0. The summed E-state index contributed by atoms with van der Waals surface area (Å²) >= 11 is 0. The van der Waals surface area contributed by atoms with Gasteiger partial charge in [0.2, 0.25) is 17.1 Å². The van der Waals surface area contributed by atoms with Crippen molar-refractivity contribution in [3.8, 4) is 22.6 Å². The van der Waals surface area contributed by atoms with E-state index in [2.05, 4.69) is 65.2 Å². The summed E-state index contributed by atoms with van der Waals surface area (Å²) in [5, 5.41) is 1.07. The Morgan fingerprint density at radius 1 is 0.909 bits per heavy atom. The summed E-state index contributed by atoms with van der Waals surface area (Å²) in [4.78, 5) is 2.12. The minimum absolute atomic E-state index is 0.0618. The molecule has 4 aromatic rings. The maximum Gasteiger partial charge on any atom is 0.283 e. The fourth-order valence-electron chi connectivity index (χ4n) is 4.78. The Morgan fingerprint density at radius 2 is 1.68 bits per heavy atom. The Balaban J connectivity index is 0.00000104. The summed E-state index contributed by atoms with van der Waals surface area (Å²) in [6.45, 7) is 7.14. The number of methoxy groups -OCH3 is 1. The molecule has 8 nitrogen and oxygen atoms in total. The van der Waals surface area contributed by atoms with Crippen LogP contribution in [0.15, 0.2) is 84.7 Å². The number of aryl methyl sites for hydroxylation is 1. The van der Waals surface area contributed by atoms with E-state index in [0.29, 0.717) is 31.8 Å². The minimum atomic E-state index is -3.62. The van der Waals surface area contributed by atoms with Gasteiger partial charge < -0.3 is 14.4 Å². The molecule has 0 unspecified atom stereocenters. The molecule has 0 amide bonds. The number of ether oxygens (including phenoxy) is 2. The number of fused-ring (bicyclic) bond motifs is 2. The van der Waals surface area contributed by atoms with Crippen LogP contribution in [0.25, 0.3) is 28.1 Å². The van der Waals surface area contributed by atoms with Crippen molar-refractivity contribution < 1.29 is 26.7 Å². The zero-order valence-corrected chi connectivity index (χ0v) is 27.2. The lowest BCUT2D eigenvalue weighted by Crippen LogP contribution is -2.33. The Morgan fingerprint density at radius 3 is 2.39 bits per heavy atom. The van der Waals surface area contributed by atoms with Crippen molar-refractivity contribution >= 4 is 32.8 Å².